The molecular weight excluding hydrogens is 941 g/mol. The minimum absolute atomic E-state index is 0. The molecule has 0 bridgehead atoms. The maximum atomic E-state index is 6.66. The summed E-state index contributed by atoms with van der Waals surface area (Å²) < 4.78 is 10.6. The maximum absolute atomic E-state index is 6.66. The Morgan fingerprint density at radius 1 is 0.550 bits per heavy atom. The van der Waals surface area contributed by atoms with Crippen LogP contribution < -0.4 is 3.27 Å². The van der Waals surface area contributed by atoms with Crippen molar-refractivity contribution < 1.29 is 18.3 Å². The van der Waals surface area contributed by atoms with E-state index in [2.05, 4.69) is 127 Å². The summed E-state index contributed by atoms with van der Waals surface area (Å²) in [6.45, 7) is 14.1. The van der Waals surface area contributed by atoms with Gasteiger partial charge in [-0.05, 0) is 0 Å². The van der Waals surface area contributed by atoms with E-state index >= 15 is 0 Å². The molecule has 7 heteroatoms. The molecule has 0 N–H and O–H groups in total. The van der Waals surface area contributed by atoms with E-state index in [1.165, 1.54) is 73.3 Å². The normalized spacial score (nSPS) is 13.6. The molecule has 60 heavy (non-hydrogen) atoms. The Bertz CT molecular complexity index is 2640. The van der Waals surface area contributed by atoms with E-state index in [0.29, 0.717) is 0 Å². The van der Waals surface area contributed by atoms with E-state index in [1.807, 2.05) is 48.5 Å². The molecule has 2 aliphatic carbocycles. The molecule has 6 aromatic rings. The first-order valence-corrected chi connectivity index (χ1v) is 29.4. The molecule has 0 atom stereocenters. The molecule has 8 rings (SSSR count). The summed E-state index contributed by atoms with van der Waals surface area (Å²) >= 11 is 21.3. The van der Waals surface area contributed by atoms with Crippen molar-refractivity contribution in [1.82, 2.24) is 0 Å². The van der Waals surface area contributed by atoms with Crippen molar-refractivity contribution in [3.05, 3.63) is 190 Å². The molecule has 0 saturated carbocycles. The third kappa shape index (κ3) is 8.77. The first-order chi connectivity index (χ1) is 27.4. The van der Waals surface area contributed by atoms with Crippen LogP contribution in [0.4, 0.5) is 0 Å². The van der Waals surface area contributed by atoms with Crippen molar-refractivity contribution in [1.29, 1.82) is 0 Å². The van der Waals surface area contributed by atoms with E-state index < -0.39 is 18.3 Å². The van der Waals surface area contributed by atoms with E-state index in [-0.39, 0.29) is 35.6 Å². The van der Waals surface area contributed by atoms with Crippen LogP contribution in [0.3, 0.4) is 0 Å². The average Bonchev–Trinajstić information content (AvgIpc) is 3.85. The van der Waals surface area contributed by atoms with Crippen LogP contribution in [0.5, 0.6) is 0 Å². The van der Waals surface area contributed by atoms with Gasteiger partial charge in [-0.2, -0.15) is 0 Å². The molecule has 0 radical (unpaired) electrons. The van der Waals surface area contributed by atoms with Crippen molar-refractivity contribution in [2.45, 2.75) is 73.5 Å². The van der Waals surface area contributed by atoms with Crippen LogP contribution in [-0.4, -0.2) is 4.21 Å². The first-order valence-electron chi connectivity index (χ1n) is 20.2. The summed E-state index contributed by atoms with van der Waals surface area (Å²) in [6.07, 6.45) is 8.71. The second kappa shape index (κ2) is 17.5. The summed E-state index contributed by atoms with van der Waals surface area (Å²) in [5.41, 5.74) is 15.2. The van der Waals surface area contributed by atoms with Gasteiger partial charge in [-0.1, -0.05) is 0 Å². The van der Waals surface area contributed by atoms with E-state index in [0.717, 1.165) is 41.2 Å². The number of rotatable bonds is 8. The zero-order chi connectivity index (χ0) is 41.2. The van der Waals surface area contributed by atoms with Crippen LogP contribution in [0.25, 0.3) is 33.4 Å². The minimum atomic E-state index is -4.97. The quantitative estimate of drug-likeness (QED) is 0.142. The fourth-order valence-electron chi connectivity index (χ4n) is 9.85. The van der Waals surface area contributed by atoms with E-state index in [1.54, 1.807) is 0 Å². The summed E-state index contributed by atoms with van der Waals surface area (Å²) in [7, 11) is 0. The van der Waals surface area contributed by atoms with Gasteiger partial charge in [-0.25, -0.2) is 0 Å². The molecule has 0 saturated heterocycles. The number of benzene rings is 6. The van der Waals surface area contributed by atoms with Gasteiger partial charge in [0.2, 0.25) is 0 Å². The fraction of sp³-hybridized carbons (Fsp3) is 0.226. The number of fused-ring (bicyclic) bond motifs is 3. The van der Waals surface area contributed by atoms with Crippen LogP contribution >= 0.6 is 71.2 Å². The molecule has 310 valence electrons. The van der Waals surface area contributed by atoms with Crippen LogP contribution in [0.15, 0.2) is 137 Å². The molecule has 0 heterocycles. The third-order valence-electron chi connectivity index (χ3n) is 12.6. The van der Waals surface area contributed by atoms with Crippen molar-refractivity contribution in [2.24, 2.45) is 0 Å². The van der Waals surface area contributed by atoms with Gasteiger partial charge >= 0.3 is 369 Å². The molecule has 2 aliphatic rings. The average molecular weight is 993 g/mol. The van der Waals surface area contributed by atoms with Crippen LogP contribution in [0, 0.1) is 0 Å². The topological polar surface area (TPSA) is 0 Å². The second-order valence-electron chi connectivity index (χ2n) is 18.8. The SMILES string of the molecule is Cl.Cl.[CH2]=[Zr]([CH2]c1ccc(Cl)cc1)([CH2]c1ccc(Cl)cc1)([C]1=CC=CC1)[c]1c2c(cc(C(C)(C)C)c1-c1ccc(Cl)cc1)-c1cc(C(C)(C)C)c(-c3ccc(Cl)cc3)cc1C2. The molecule has 0 aliphatic heterocycles. The van der Waals surface area contributed by atoms with Gasteiger partial charge in [0.25, 0.3) is 0 Å². The van der Waals surface area contributed by atoms with Gasteiger partial charge < -0.3 is 0 Å². The number of halogens is 6. The number of hydrogen-bond acceptors (Lipinski definition) is 0. The van der Waals surface area contributed by atoms with Gasteiger partial charge in [-0.3, -0.25) is 0 Å². The molecule has 6 aromatic carbocycles. The molecule has 0 nitrogen and oxygen atoms in total. The Morgan fingerprint density at radius 2 is 1.00 bits per heavy atom. The second-order valence-corrected chi connectivity index (χ2v) is 34.6. The van der Waals surface area contributed by atoms with Crippen molar-refractivity contribution in [3.63, 3.8) is 0 Å². The summed E-state index contributed by atoms with van der Waals surface area (Å²) in [6, 6.07) is 41.5. The zero-order valence-corrected chi connectivity index (χ0v) is 42.2. The van der Waals surface area contributed by atoms with Crippen LogP contribution in [-0.2, 0) is 43.8 Å². The summed E-state index contributed by atoms with van der Waals surface area (Å²) in [5, 5.41) is 2.94. The molecule has 0 aromatic heterocycles. The Labute approximate surface area is 390 Å². The first kappa shape index (κ1) is 46.8. The van der Waals surface area contributed by atoms with Gasteiger partial charge in [-0.15, -0.1) is 24.8 Å². The van der Waals surface area contributed by atoms with E-state index in [4.69, 9.17) is 50.6 Å². The van der Waals surface area contributed by atoms with Crippen molar-refractivity contribution in [3.8, 4) is 33.4 Å². The molecule has 0 amide bonds. The molecule has 0 unspecified atom stereocenters. The summed E-state index contributed by atoms with van der Waals surface area (Å²) in [5.74, 6) is 0. The van der Waals surface area contributed by atoms with Crippen LogP contribution in [0.1, 0.15) is 81.3 Å². The Balaban J connectivity index is 0.00000302. The molecular formula is C53H52Cl6Zr. The Morgan fingerprint density at radius 3 is 1.45 bits per heavy atom. The van der Waals surface area contributed by atoms with Gasteiger partial charge in [0.15, 0.2) is 0 Å². The van der Waals surface area contributed by atoms with Gasteiger partial charge in [0, 0.05) is 0 Å². The summed E-state index contributed by atoms with van der Waals surface area (Å²) in [4.78, 5) is 0. The zero-order valence-electron chi connectivity index (χ0n) is 35.1. The molecule has 0 spiro atoms. The van der Waals surface area contributed by atoms with E-state index in [9.17, 15) is 0 Å². The Hall–Kier alpha value is -2.71. The van der Waals surface area contributed by atoms with Crippen LogP contribution in [0.2, 0.25) is 20.1 Å². The third-order valence-corrected chi connectivity index (χ3v) is 29.4. The number of hydrogen-bond donors (Lipinski definition) is 0. The monoisotopic (exact) mass is 988 g/mol. The molecule has 0 fully saturated rings. The number of allylic oxidation sites excluding steroid dienone is 4. The Kier molecular flexibility index (Phi) is 13.6. The van der Waals surface area contributed by atoms with Crippen molar-refractivity contribution >= 4 is 78.7 Å². The van der Waals surface area contributed by atoms with Gasteiger partial charge in [0.05, 0.1) is 0 Å². The predicted octanol–water partition coefficient (Wildman–Crippen LogP) is 16.6. The van der Waals surface area contributed by atoms with Gasteiger partial charge in [0.1, 0.15) is 0 Å². The van der Waals surface area contributed by atoms with Crippen molar-refractivity contribution in [2.75, 3.05) is 0 Å². The standard InChI is InChI=1S/C33H31Cl2.2C7H6Cl.C5H5.CH2.2ClH.Zr/c1-32(2,3)30-18-26-22(16-28(30)20-7-11-24(34)12-8-20)15-23-17-29(21-9-13-25(35)14-10-21)31(19-27(23)26)33(4,5)6;2*1-6-2-4-7(8)5-3-6;1-2-4-5-3-1;;;;/h7-14,16,18-19H,15H2,1-6H3;2*2-5H,1H2;1-3H,4H2;1H2;2*1H;. The fourth-order valence-corrected chi connectivity index (χ4v) is 27.1. The predicted molar refractivity (Wildman–Crippen MR) is 266 cm³/mol.